The zero-order valence-electron chi connectivity index (χ0n) is 12.9. The first kappa shape index (κ1) is 15.1. The molecule has 0 spiro atoms. The second kappa shape index (κ2) is 6.98. The second-order valence-corrected chi connectivity index (χ2v) is 6.66. The van der Waals surface area contributed by atoms with Gasteiger partial charge in [0.25, 0.3) is 0 Å². The van der Waals surface area contributed by atoms with Crippen LogP contribution in [-0.2, 0) is 0 Å². The third kappa shape index (κ3) is 3.34. The van der Waals surface area contributed by atoms with Crippen molar-refractivity contribution in [3.05, 3.63) is 34.5 Å². The van der Waals surface area contributed by atoms with Crippen LogP contribution >= 0.6 is 11.3 Å². The Bertz CT molecular complexity index is 604. The molecule has 5 N–H and O–H groups in total. The van der Waals surface area contributed by atoms with Crippen LogP contribution in [0.25, 0.3) is 5.70 Å². The van der Waals surface area contributed by atoms with Gasteiger partial charge in [-0.3, -0.25) is 0 Å². The van der Waals surface area contributed by atoms with Crippen LogP contribution in [0, 0.1) is 0 Å². The molecule has 2 aliphatic rings. The van der Waals surface area contributed by atoms with E-state index in [4.69, 9.17) is 5.73 Å². The topological polar surface area (TPSA) is 74.5 Å². The van der Waals surface area contributed by atoms with Gasteiger partial charge >= 0.3 is 0 Å². The number of thiophene rings is 1. The lowest BCUT2D eigenvalue weighted by Crippen LogP contribution is -2.54. The maximum absolute atomic E-state index is 5.51. The molecule has 5 nitrogen and oxygen atoms in total. The van der Waals surface area contributed by atoms with Gasteiger partial charge in [0.15, 0.2) is 0 Å². The van der Waals surface area contributed by atoms with E-state index in [-0.39, 0.29) is 0 Å². The molecular formula is C16H23N5S. The summed E-state index contributed by atoms with van der Waals surface area (Å²) in [6.45, 7) is 2.11. The fourth-order valence-corrected chi connectivity index (χ4v) is 3.31. The number of rotatable bonds is 6. The average molecular weight is 317 g/mol. The van der Waals surface area contributed by atoms with E-state index in [1.165, 1.54) is 36.0 Å². The van der Waals surface area contributed by atoms with E-state index in [1.807, 2.05) is 7.05 Å². The molecule has 22 heavy (non-hydrogen) atoms. The lowest BCUT2D eigenvalue weighted by atomic mass is 9.89. The third-order valence-corrected chi connectivity index (χ3v) is 5.09. The van der Waals surface area contributed by atoms with Crippen molar-refractivity contribution in [2.75, 3.05) is 20.1 Å². The third-order valence-electron chi connectivity index (χ3n) is 4.08. The van der Waals surface area contributed by atoms with E-state index in [9.17, 15) is 0 Å². The highest BCUT2D eigenvalue weighted by atomic mass is 32.1. The van der Waals surface area contributed by atoms with E-state index in [2.05, 4.69) is 33.1 Å². The van der Waals surface area contributed by atoms with E-state index in [1.54, 1.807) is 23.1 Å². The number of nitrogens with zero attached hydrogens (tertiary/aromatic N) is 1. The van der Waals surface area contributed by atoms with Crippen molar-refractivity contribution >= 4 is 28.2 Å². The summed E-state index contributed by atoms with van der Waals surface area (Å²) >= 11 is 1.72. The molecule has 1 aliphatic carbocycles. The zero-order chi connectivity index (χ0) is 15.4. The summed E-state index contributed by atoms with van der Waals surface area (Å²) in [5.41, 5.74) is 9.22. The Morgan fingerprint density at radius 3 is 2.77 bits per heavy atom. The molecule has 0 bridgehead atoms. The quantitative estimate of drug-likeness (QED) is 0.605. The Hall–Kier alpha value is -1.79. The van der Waals surface area contributed by atoms with Gasteiger partial charge in [-0.15, -0.1) is 11.3 Å². The van der Waals surface area contributed by atoms with Gasteiger partial charge in [0.2, 0.25) is 0 Å². The minimum atomic E-state index is 0.563. The molecule has 1 aliphatic heterocycles. The highest BCUT2D eigenvalue weighted by Gasteiger charge is 2.23. The smallest absolute Gasteiger partial charge is 0.116 e. The first-order valence-corrected chi connectivity index (χ1v) is 8.55. The Morgan fingerprint density at radius 1 is 1.41 bits per heavy atom. The van der Waals surface area contributed by atoms with E-state index < -0.39 is 0 Å². The molecule has 2 heterocycles. The molecule has 0 amide bonds. The van der Waals surface area contributed by atoms with Crippen molar-refractivity contribution in [2.24, 2.45) is 10.7 Å². The lowest BCUT2D eigenvalue weighted by Gasteiger charge is -2.32. The Labute approximate surface area is 135 Å². The van der Waals surface area contributed by atoms with Crippen LogP contribution in [0.1, 0.15) is 24.1 Å². The van der Waals surface area contributed by atoms with Gasteiger partial charge in [0.05, 0.1) is 28.5 Å². The minimum Gasteiger partial charge on any atom is -0.403 e. The molecule has 1 aromatic rings. The molecule has 118 valence electrons. The molecule has 1 saturated carbocycles. The summed E-state index contributed by atoms with van der Waals surface area (Å²) in [7, 11) is 1.83. The SMILES string of the molecule is CNC(C=Nc1ccc(C(NC2CNC2)=C2CCC2)s1)=CN. The largest absolute Gasteiger partial charge is 0.403 e. The van der Waals surface area contributed by atoms with E-state index >= 15 is 0 Å². The van der Waals surface area contributed by atoms with Crippen LogP contribution < -0.4 is 21.7 Å². The fraction of sp³-hybridized carbons (Fsp3) is 0.438. The molecule has 6 heteroatoms. The Kier molecular flexibility index (Phi) is 4.80. The highest BCUT2D eigenvalue weighted by molar-refractivity contribution is 7.16. The molecule has 1 aromatic heterocycles. The first-order valence-electron chi connectivity index (χ1n) is 7.73. The number of hydrogen-bond acceptors (Lipinski definition) is 6. The molecule has 0 aromatic carbocycles. The van der Waals surface area contributed by atoms with Crippen molar-refractivity contribution in [3.63, 3.8) is 0 Å². The van der Waals surface area contributed by atoms with Gasteiger partial charge in [0, 0.05) is 26.3 Å². The number of nitrogens with one attached hydrogen (secondary N) is 3. The predicted molar refractivity (Wildman–Crippen MR) is 94.4 cm³/mol. The van der Waals surface area contributed by atoms with E-state index in [0.29, 0.717) is 6.04 Å². The van der Waals surface area contributed by atoms with Crippen molar-refractivity contribution in [3.8, 4) is 0 Å². The minimum absolute atomic E-state index is 0.563. The average Bonchev–Trinajstić information content (AvgIpc) is 2.89. The molecule has 1 saturated heterocycles. The molecule has 0 atom stereocenters. The van der Waals surface area contributed by atoms with Crippen molar-refractivity contribution < 1.29 is 0 Å². The van der Waals surface area contributed by atoms with Crippen LogP contribution in [0.15, 0.2) is 34.6 Å². The lowest BCUT2D eigenvalue weighted by molar-refractivity contribution is 0.405. The first-order chi connectivity index (χ1) is 10.8. The number of hydrogen-bond donors (Lipinski definition) is 4. The number of nitrogens with two attached hydrogens (primary N) is 1. The predicted octanol–water partition coefficient (Wildman–Crippen LogP) is 1.93. The molecule has 0 radical (unpaired) electrons. The van der Waals surface area contributed by atoms with Crippen molar-refractivity contribution in [2.45, 2.75) is 25.3 Å². The van der Waals surface area contributed by atoms with Crippen LogP contribution in [0.4, 0.5) is 5.00 Å². The summed E-state index contributed by atoms with van der Waals surface area (Å²) in [5.74, 6) is 0. The highest BCUT2D eigenvalue weighted by Crippen LogP contribution is 2.37. The zero-order valence-corrected chi connectivity index (χ0v) is 13.7. The normalized spacial score (nSPS) is 19.0. The van der Waals surface area contributed by atoms with Gasteiger partial charge < -0.3 is 21.7 Å². The van der Waals surface area contributed by atoms with Crippen LogP contribution in [0.2, 0.25) is 0 Å². The summed E-state index contributed by atoms with van der Waals surface area (Å²) < 4.78 is 0. The van der Waals surface area contributed by atoms with Gasteiger partial charge in [-0.1, -0.05) is 0 Å². The van der Waals surface area contributed by atoms with Gasteiger partial charge in [-0.2, -0.15) is 0 Å². The molecule has 3 rings (SSSR count). The fourth-order valence-electron chi connectivity index (χ4n) is 2.40. The summed E-state index contributed by atoms with van der Waals surface area (Å²) in [6.07, 6.45) is 7.03. The Morgan fingerprint density at radius 2 is 2.23 bits per heavy atom. The van der Waals surface area contributed by atoms with Crippen molar-refractivity contribution in [1.29, 1.82) is 0 Å². The maximum atomic E-state index is 5.51. The number of aliphatic imine (C=N–C) groups is 1. The maximum Gasteiger partial charge on any atom is 0.116 e. The van der Waals surface area contributed by atoms with Gasteiger partial charge in [-0.05, 0) is 37.0 Å². The Balaban J connectivity index is 1.75. The van der Waals surface area contributed by atoms with Gasteiger partial charge in [0.1, 0.15) is 5.00 Å². The monoisotopic (exact) mass is 317 g/mol. The van der Waals surface area contributed by atoms with Crippen LogP contribution in [0.5, 0.6) is 0 Å². The standard InChI is InChI=1S/C16H23N5S/c1-18-12(7-17)10-20-15-6-5-14(22-15)16(11-3-2-4-11)21-13-8-19-9-13/h5-7,10,13,18-19,21H,2-4,8-9,17H2,1H3. The second-order valence-electron chi connectivity index (χ2n) is 5.60. The van der Waals surface area contributed by atoms with Gasteiger partial charge in [-0.25, -0.2) is 4.99 Å². The van der Waals surface area contributed by atoms with E-state index in [0.717, 1.165) is 23.8 Å². The van der Waals surface area contributed by atoms with Crippen LogP contribution in [0.3, 0.4) is 0 Å². The van der Waals surface area contributed by atoms with Crippen LogP contribution in [-0.4, -0.2) is 32.4 Å². The summed E-state index contributed by atoms with van der Waals surface area (Å²) in [5, 5.41) is 11.0. The molecule has 2 fully saturated rings. The molecule has 0 unspecified atom stereocenters. The number of allylic oxidation sites excluding steroid dienone is 2. The summed E-state index contributed by atoms with van der Waals surface area (Å²) in [6, 6.07) is 4.80. The van der Waals surface area contributed by atoms with Crippen molar-refractivity contribution in [1.82, 2.24) is 16.0 Å². The molecular weight excluding hydrogens is 294 g/mol. The summed E-state index contributed by atoms with van der Waals surface area (Å²) in [4.78, 5) is 5.78.